The van der Waals surface area contributed by atoms with E-state index in [-0.39, 0.29) is 18.2 Å². The largest absolute Gasteiger partial charge is 0.490 e. The number of halogens is 3. The van der Waals surface area contributed by atoms with E-state index in [1.165, 1.54) is 21.6 Å². The van der Waals surface area contributed by atoms with E-state index in [4.69, 9.17) is 15.0 Å². The molecule has 8 nitrogen and oxygen atoms in total. The van der Waals surface area contributed by atoms with E-state index in [0.717, 1.165) is 12.8 Å². The highest BCUT2D eigenvalue weighted by Gasteiger charge is 2.38. The van der Waals surface area contributed by atoms with Crippen LogP contribution in [0.1, 0.15) is 53.8 Å². The second-order valence-electron chi connectivity index (χ2n) is 6.72. The van der Waals surface area contributed by atoms with Crippen molar-refractivity contribution >= 4 is 45.3 Å². The third-order valence-corrected chi connectivity index (χ3v) is 6.25. The minimum Gasteiger partial charge on any atom is -0.481 e. The molecule has 34 heavy (non-hydrogen) atoms. The summed E-state index contributed by atoms with van der Waals surface area (Å²) in [5.74, 6) is -2.58. The molecule has 0 atom stereocenters. The summed E-state index contributed by atoms with van der Waals surface area (Å²) in [6.07, 6.45) is -3.15. The Morgan fingerprint density at radius 2 is 1.50 bits per heavy atom. The molecule has 0 unspecified atom stereocenters. The van der Waals surface area contributed by atoms with Gasteiger partial charge in [-0.15, -0.1) is 0 Å². The van der Waals surface area contributed by atoms with E-state index < -0.39 is 18.1 Å². The van der Waals surface area contributed by atoms with Crippen LogP contribution in [0.2, 0.25) is 0 Å². The van der Waals surface area contributed by atoms with Crippen molar-refractivity contribution in [2.75, 3.05) is 31.1 Å². The van der Waals surface area contributed by atoms with Crippen LogP contribution in [0.4, 0.5) is 13.2 Å². The van der Waals surface area contributed by atoms with E-state index in [9.17, 15) is 27.6 Å². The van der Waals surface area contributed by atoms with Crippen molar-refractivity contribution in [1.29, 1.82) is 0 Å². The molecule has 0 radical (unpaired) electrons. The number of alkyl halides is 3. The zero-order valence-corrected chi connectivity index (χ0v) is 20.5. The van der Waals surface area contributed by atoms with Crippen molar-refractivity contribution in [3.63, 3.8) is 0 Å². The lowest BCUT2D eigenvalue weighted by Crippen LogP contribution is -2.33. The minimum absolute atomic E-state index is 0.0428. The lowest BCUT2D eigenvalue weighted by molar-refractivity contribution is -0.192. The second-order valence-corrected chi connectivity index (χ2v) is 9.42. The first kappa shape index (κ1) is 31.6. The summed E-state index contributed by atoms with van der Waals surface area (Å²) in [6, 6.07) is 6.82. The molecule has 0 aliphatic carbocycles. The Bertz CT molecular complexity index is 803. The molecule has 0 aromatic heterocycles. The first-order valence-electron chi connectivity index (χ1n) is 10.4. The van der Waals surface area contributed by atoms with Gasteiger partial charge in [-0.05, 0) is 31.0 Å². The molecular weight excluding hydrogens is 497 g/mol. The van der Waals surface area contributed by atoms with Gasteiger partial charge in [0.15, 0.2) is 0 Å². The summed E-state index contributed by atoms with van der Waals surface area (Å²) in [6.45, 7) is 5.98. The van der Waals surface area contributed by atoms with Crippen LogP contribution in [-0.2, 0) is 9.59 Å². The highest BCUT2D eigenvalue weighted by molar-refractivity contribution is 8.76. The zero-order chi connectivity index (χ0) is 26.1. The van der Waals surface area contributed by atoms with Crippen molar-refractivity contribution in [2.45, 2.75) is 39.3 Å². The standard InChI is InChI=1S/C19H28N2O4S2.C2HF3O2/c1-3-10-21(11-4-2)19(25)16-7-5-6-15(14-16)18(24)20-9-13-27-26-12-8-17(22)23;3-2(4,5)1(6)7/h5-7,14H,3-4,8-13H2,1-2H3,(H,20,24)(H,22,23);(H,6,7). The average Bonchev–Trinajstić information content (AvgIpc) is 2.77. The number of hydrogen-bond donors (Lipinski definition) is 3. The summed E-state index contributed by atoms with van der Waals surface area (Å²) in [4.78, 5) is 46.1. The third kappa shape index (κ3) is 14.0. The molecule has 192 valence electrons. The van der Waals surface area contributed by atoms with Gasteiger partial charge in [-0.1, -0.05) is 41.5 Å². The number of carbonyl (C=O) groups excluding carboxylic acids is 2. The Morgan fingerprint density at radius 3 is 2.00 bits per heavy atom. The van der Waals surface area contributed by atoms with Gasteiger partial charge >= 0.3 is 18.1 Å². The lowest BCUT2D eigenvalue weighted by atomic mass is 10.1. The molecule has 1 aromatic rings. The fraction of sp³-hybridized carbons (Fsp3) is 0.524. The van der Waals surface area contributed by atoms with Crippen LogP contribution in [0, 0.1) is 0 Å². The SMILES string of the molecule is CCCN(CCC)C(=O)c1cccc(C(=O)NCCSSCCC(=O)O)c1.O=C(O)C(F)(F)F. The maximum atomic E-state index is 12.7. The summed E-state index contributed by atoms with van der Waals surface area (Å²) in [5.41, 5.74) is 1.00. The zero-order valence-electron chi connectivity index (χ0n) is 18.9. The quantitative estimate of drug-likeness (QED) is 0.259. The smallest absolute Gasteiger partial charge is 0.481 e. The maximum absolute atomic E-state index is 12.7. The first-order valence-corrected chi connectivity index (χ1v) is 12.9. The molecule has 0 aliphatic heterocycles. The van der Waals surface area contributed by atoms with Gasteiger partial charge in [-0.3, -0.25) is 14.4 Å². The normalized spacial score (nSPS) is 10.6. The van der Waals surface area contributed by atoms with Gasteiger partial charge in [0.2, 0.25) is 0 Å². The van der Waals surface area contributed by atoms with Gasteiger partial charge in [-0.25, -0.2) is 4.79 Å². The molecule has 0 spiro atoms. The van der Waals surface area contributed by atoms with Gasteiger partial charge in [-0.2, -0.15) is 13.2 Å². The van der Waals surface area contributed by atoms with Crippen LogP contribution in [0.3, 0.4) is 0 Å². The maximum Gasteiger partial charge on any atom is 0.490 e. The summed E-state index contributed by atoms with van der Waals surface area (Å²) in [7, 11) is 3.02. The number of benzene rings is 1. The van der Waals surface area contributed by atoms with Crippen LogP contribution in [0.15, 0.2) is 24.3 Å². The van der Waals surface area contributed by atoms with E-state index in [1.807, 2.05) is 18.7 Å². The van der Waals surface area contributed by atoms with Crippen LogP contribution in [0.25, 0.3) is 0 Å². The fourth-order valence-electron chi connectivity index (χ4n) is 2.39. The topological polar surface area (TPSA) is 124 Å². The summed E-state index contributed by atoms with van der Waals surface area (Å²) >= 11 is 0. The molecular formula is C21H29F3N2O6S2. The summed E-state index contributed by atoms with van der Waals surface area (Å²) < 4.78 is 31.7. The molecule has 0 heterocycles. The monoisotopic (exact) mass is 526 g/mol. The Labute approximate surface area is 204 Å². The van der Waals surface area contributed by atoms with E-state index in [1.54, 1.807) is 24.3 Å². The molecule has 0 saturated carbocycles. The molecule has 0 saturated heterocycles. The van der Waals surface area contributed by atoms with Crippen LogP contribution < -0.4 is 5.32 Å². The van der Waals surface area contributed by atoms with E-state index in [2.05, 4.69) is 5.32 Å². The van der Waals surface area contributed by atoms with Crippen molar-refractivity contribution in [1.82, 2.24) is 10.2 Å². The minimum atomic E-state index is -5.08. The Hall–Kier alpha value is -2.41. The molecule has 1 aromatic carbocycles. The predicted molar refractivity (Wildman–Crippen MR) is 126 cm³/mol. The van der Waals surface area contributed by atoms with Gasteiger partial charge in [0.1, 0.15) is 0 Å². The number of carbonyl (C=O) groups is 4. The van der Waals surface area contributed by atoms with Gasteiger partial charge in [0, 0.05) is 42.3 Å². The Kier molecular flexibility index (Phi) is 15.9. The van der Waals surface area contributed by atoms with Gasteiger partial charge in [0.25, 0.3) is 11.8 Å². The van der Waals surface area contributed by atoms with Crippen molar-refractivity contribution < 1.29 is 42.6 Å². The van der Waals surface area contributed by atoms with Crippen LogP contribution >= 0.6 is 21.6 Å². The average molecular weight is 527 g/mol. The lowest BCUT2D eigenvalue weighted by Gasteiger charge is -2.21. The van der Waals surface area contributed by atoms with E-state index >= 15 is 0 Å². The van der Waals surface area contributed by atoms with Crippen molar-refractivity contribution in [3.05, 3.63) is 35.4 Å². The second kappa shape index (κ2) is 17.1. The van der Waals surface area contributed by atoms with Crippen LogP contribution in [0.5, 0.6) is 0 Å². The predicted octanol–water partition coefficient (Wildman–Crippen LogP) is 4.17. The van der Waals surface area contributed by atoms with Crippen LogP contribution in [-0.4, -0.2) is 76.2 Å². The molecule has 1 rings (SSSR count). The van der Waals surface area contributed by atoms with Gasteiger partial charge < -0.3 is 20.4 Å². The van der Waals surface area contributed by atoms with Crippen molar-refractivity contribution in [3.8, 4) is 0 Å². The number of amides is 2. The Balaban J connectivity index is 0.00000135. The first-order chi connectivity index (χ1) is 15.9. The number of nitrogens with zero attached hydrogens (tertiary/aromatic N) is 1. The number of nitrogens with one attached hydrogen (secondary N) is 1. The molecule has 13 heteroatoms. The fourth-order valence-corrected chi connectivity index (χ4v) is 4.27. The van der Waals surface area contributed by atoms with E-state index in [0.29, 0.717) is 42.3 Å². The third-order valence-electron chi connectivity index (χ3n) is 3.84. The Morgan fingerprint density at radius 1 is 0.971 bits per heavy atom. The van der Waals surface area contributed by atoms with Gasteiger partial charge in [0.05, 0.1) is 6.42 Å². The highest BCUT2D eigenvalue weighted by Crippen LogP contribution is 2.21. The summed E-state index contributed by atoms with van der Waals surface area (Å²) in [5, 5.41) is 18.5. The number of carboxylic acids is 2. The van der Waals surface area contributed by atoms with Crippen molar-refractivity contribution in [2.24, 2.45) is 0 Å². The number of hydrogen-bond acceptors (Lipinski definition) is 6. The molecule has 0 fully saturated rings. The molecule has 3 N–H and O–H groups in total. The molecule has 0 aliphatic rings. The number of carboxylic acid groups (broad SMARTS) is 2. The molecule has 0 bridgehead atoms. The number of aliphatic carboxylic acids is 2. The number of rotatable bonds is 13. The highest BCUT2D eigenvalue weighted by atomic mass is 33.1. The molecule has 2 amide bonds.